The van der Waals surface area contributed by atoms with Gasteiger partial charge in [-0.15, -0.1) is 0 Å². The fraction of sp³-hybridized carbons (Fsp3) is 0.875. The molecule has 1 aromatic rings. The summed E-state index contributed by atoms with van der Waals surface area (Å²) in [6.45, 7) is 12.3. The maximum atomic E-state index is 4.62. The first kappa shape index (κ1) is 16.4. The van der Waals surface area contributed by atoms with Crippen LogP contribution in [0.25, 0.3) is 0 Å². The molecule has 0 bridgehead atoms. The first-order valence-corrected chi connectivity index (χ1v) is 8.43. The number of aromatic nitrogens is 3. The summed E-state index contributed by atoms with van der Waals surface area (Å²) in [5.74, 6) is 2.08. The lowest BCUT2D eigenvalue weighted by Crippen LogP contribution is -2.48. The number of hydrogen-bond donors (Lipinski definition) is 0. The predicted octanol–water partition coefficient (Wildman–Crippen LogP) is 1.96. The molecular weight excluding hydrogens is 262 g/mol. The van der Waals surface area contributed by atoms with Gasteiger partial charge in [-0.3, -0.25) is 4.90 Å². The van der Waals surface area contributed by atoms with Gasteiger partial charge in [0.25, 0.3) is 0 Å². The van der Waals surface area contributed by atoms with E-state index in [2.05, 4.69) is 45.5 Å². The summed E-state index contributed by atoms with van der Waals surface area (Å²) in [4.78, 5) is 9.64. The Labute approximate surface area is 129 Å². The Balaban J connectivity index is 1.84. The highest BCUT2D eigenvalue weighted by atomic mass is 15.3. The van der Waals surface area contributed by atoms with Crippen LogP contribution in [0.15, 0.2) is 0 Å². The Kier molecular flexibility index (Phi) is 6.18. The van der Waals surface area contributed by atoms with Crippen LogP contribution in [0.2, 0.25) is 0 Å². The van der Waals surface area contributed by atoms with Crippen LogP contribution >= 0.6 is 0 Å². The van der Waals surface area contributed by atoms with Gasteiger partial charge in [-0.05, 0) is 33.7 Å². The molecule has 5 heteroatoms. The Morgan fingerprint density at radius 3 is 2.57 bits per heavy atom. The summed E-state index contributed by atoms with van der Waals surface area (Å²) in [5, 5.41) is 4.53. The van der Waals surface area contributed by atoms with Gasteiger partial charge in [0, 0.05) is 45.2 Å². The first-order valence-electron chi connectivity index (χ1n) is 8.43. The molecule has 21 heavy (non-hydrogen) atoms. The maximum absolute atomic E-state index is 4.62. The Hall–Kier alpha value is -0.940. The van der Waals surface area contributed by atoms with Crippen molar-refractivity contribution in [2.24, 2.45) is 0 Å². The van der Waals surface area contributed by atoms with Gasteiger partial charge in [0.15, 0.2) is 0 Å². The number of likely N-dealkylation sites (N-methyl/N-ethyl adjacent to an activating group) is 1. The molecule has 2 rings (SSSR count). The SMILES string of the molecule is CCCCn1nc(C)nc1CCC(C)N1CCN(C)CC1. The van der Waals surface area contributed by atoms with E-state index < -0.39 is 0 Å². The van der Waals surface area contributed by atoms with Crippen LogP contribution in [0, 0.1) is 6.92 Å². The Morgan fingerprint density at radius 2 is 1.90 bits per heavy atom. The summed E-state index contributed by atoms with van der Waals surface area (Å²) in [5.41, 5.74) is 0. The summed E-state index contributed by atoms with van der Waals surface area (Å²) in [6, 6.07) is 0.635. The minimum Gasteiger partial charge on any atom is -0.304 e. The standard InChI is InChI=1S/C16H31N5/c1-5-6-9-21-16(17-15(3)18-21)8-7-14(2)20-12-10-19(4)11-13-20/h14H,5-13H2,1-4H3. The number of unbranched alkanes of at least 4 members (excludes halogenated alkanes) is 1. The molecule has 1 aliphatic heterocycles. The van der Waals surface area contributed by atoms with Crippen LogP contribution in [0.3, 0.4) is 0 Å². The molecule has 0 N–H and O–H groups in total. The molecule has 0 amide bonds. The van der Waals surface area contributed by atoms with Gasteiger partial charge >= 0.3 is 0 Å². The number of hydrogen-bond acceptors (Lipinski definition) is 4. The molecule has 0 aliphatic carbocycles. The van der Waals surface area contributed by atoms with Gasteiger partial charge in [-0.25, -0.2) is 9.67 Å². The second-order valence-corrected chi connectivity index (χ2v) is 6.38. The molecule has 0 saturated carbocycles. The molecule has 1 aliphatic rings. The number of rotatable bonds is 7. The molecule has 120 valence electrons. The zero-order chi connectivity index (χ0) is 15.2. The Bertz CT molecular complexity index is 420. The van der Waals surface area contributed by atoms with E-state index in [0.717, 1.165) is 18.8 Å². The van der Waals surface area contributed by atoms with E-state index in [1.165, 1.54) is 51.3 Å². The molecule has 5 nitrogen and oxygen atoms in total. The zero-order valence-electron chi connectivity index (χ0n) is 14.2. The third-order valence-electron chi connectivity index (χ3n) is 4.52. The lowest BCUT2D eigenvalue weighted by atomic mass is 10.1. The lowest BCUT2D eigenvalue weighted by Gasteiger charge is -2.36. The van der Waals surface area contributed by atoms with Crippen molar-refractivity contribution in [1.29, 1.82) is 0 Å². The van der Waals surface area contributed by atoms with Crippen LogP contribution in [-0.2, 0) is 13.0 Å². The van der Waals surface area contributed by atoms with E-state index in [4.69, 9.17) is 0 Å². The van der Waals surface area contributed by atoms with Gasteiger partial charge in [0.1, 0.15) is 11.6 Å². The average molecular weight is 293 g/mol. The zero-order valence-corrected chi connectivity index (χ0v) is 14.2. The van der Waals surface area contributed by atoms with Gasteiger partial charge in [0.2, 0.25) is 0 Å². The second kappa shape index (κ2) is 7.90. The van der Waals surface area contributed by atoms with Gasteiger partial charge in [-0.1, -0.05) is 13.3 Å². The fourth-order valence-electron chi connectivity index (χ4n) is 2.95. The van der Waals surface area contributed by atoms with Gasteiger partial charge < -0.3 is 4.90 Å². The first-order chi connectivity index (χ1) is 10.1. The van der Waals surface area contributed by atoms with Crippen LogP contribution in [0.1, 0.15) is 44.8 Å². The van der Waals surface area contributed by atoms with Crippen molar-refractivity contribution < 1.29 is 0 Å². The summed E-state index contributed by atoms with van der Waals surface area (Å²) < 4.78 is 2.12. The molecule has 1 saturated heterocycles. The largest absolute Gasteiger partial charge is 0.304 e. The van der Waals surface area contributed by atoms with E-state index in [9.17, 15) is 0 Å². The van der Waals surface area contributed by atoms with Crippen molar-refractivity contribution in [2.75, 3.05) is 33.2 Å². The quantitative estimate of drug-likeness (QED) is 0.770. The number of aryl methyl sites for hydroxylation is 3. The van der Waals surface area contributed by atoms with Crippen LogP contribution in [0.4, 0.5) is 0 Å². The molecule has 0 spiro atoms. The summed E-state index contributed by atoms with van der Waals surface area (Å²) in [6.07, 6.45) is 4.60. The third-order valence-corrected chi connectivity index (χ3v) is 4.52. The lowest BCUT2D eigenvalue weighted by molar-refractivity contribution is 0.114. The smallest absolute Gasteiger partial charge is 0.147 e. The normalized spacial score (nSPS) is 19.0. The van der Waals surface area contributed by atoms with Gasteiger partial charge in [0.05, 0.1) is 0 Å². The molecule has 1 unspecified atom stereocenters. The monoisotopic (exact) mass is 293 g/mol. The Morgan fingerprint density at radius 1 is 1.19 bits per heavy atom. The molecule has 2 heterocycles. The molecular formula is C16H31N5. The van der Waals surface area contributed by atoms with E-state index in [1.54, 1.807) is 0 Å². The third kappa shape index (κ3) is 4.78. The number of nitrogens with zero attached hydrogens (tertiary/aromatic N) is 5. The molecule has 1 fully saturated rings. The van der Waals surface area contributed by atoms with E-state index in [0.29, 0.717) is 6.04 Å². The van der Waals surface area contributed by atoms with Crippen LogP contribution in [-0.4, -0.2) is 63.8 Å². The van der Waals surface area contributed by atoms with Crippen LogP contribution in [0.5, 0.6) is 0 Å². The highest BCUT2D eigenvalue weighted by molar-refractivity contribution is 4.92. The highest BCUT2D eigenvalue weighted by Crippen LogP contribution is 2.12. The summed E-state index contributed by atoms with van der Waals surface area (Å²) in [7, 11) is 2.21. The van der Waals surface area contributed by atoms with Crippen molar-refractivity contribution in [1.82, 2.24) is 24.6 Å². The second-order valence-electron chi connectivity index (χ2n) is 6.38. The van der Waals surface area contributed by atoms with E-state index in [-0.39, 0.29) is 0 Å². The fourth-order valence-corrected chi connectivity index (χ4v) is 2.95. The topological polar surface area (TPSA) is 37.2 Å². The molecule has 0 radical (unpaired) electrons. The average Bonchev–Trinajstić information content (AvgIpc) is 2.83. The molecule has 1 atom stereocenters. The van der Waals surface area contributed by atoms with E-state index in [1.807, 2.05) is 6.92 Å². The van der Waals surface area contributed by atoms with Crippen molar-refractivity contribution in [3.8, 4) is 0 Å². The number of piperazine rings is 1. The van der Waals surface area contributed by atoms with Gasteiger partial charge in [-0.2, -0.15) is 5.10 Å². The van der Waals surface area contributed by atoms with Crippen molar-refractivity contribution >= 4 is 0 Å². The minimum atomic E-state index is 0.635. The highest BCUT2D eigenvalue weighted by Gasteiger charge is 2.19. The summed E-state index contributed by atoms with van der Waals surface area (Å²) >= 11 is 0. The molecule has 1 aromatic heterocycles. The molecule has 0 aromatic carbocycles. The minimum absolute atomic E-state index is 0.635. The van der Waals surface area contributed by atoms with Crippen LogP contribution < -0.4 is 0 Å². The van der Waals surface area contributed by atoms with Crippen molar-refractivity contribution in [3.05, 3.63) is 11.6 Å². The maximum Gasteiger partial charge on any atom is 0.147 e. The van der Waals surface area contributed by atoms with Crippen molar-refractivity contribution in [2.45, 2.75) is 59.0 Å². The van der Waals surface area contributed by atoms with E-state index >= 15 is 0 Å². The predicted molar refractivity (Wildman–Crippen MR) is 86.5 cm³/mol. The van der Waals surface area contributed by atoms with Crippen molar-refractivity contribution in [3.63, 3.8) is 0 Å².